The number of rotatable bonds is 3. The Morgan fingerprint density at radius 3 is 2.42 bits per heavy atom. The molecule has 1 aliphatic rings. The number of sulfonamides is 1. The number of aryl methyl sites for hydroxylation is 1. The standard InChI is InChI=1S/C13H20ClNO2S2/c1-9-4-10(2)8-15(7-9)19(16,17)13-5-12(6-14)18-11(13)3/h5,9-10H,4,6-8H2,1-3H3. The van der Waals surface area contributed by atoms with Crippen LogP contribution in [-0.2, 0) is 15.9 Å². The topological polar surface area (TPSA) is 37.4 Å². The highest BCUT2D eigenvalue weighted by Crippen LogP contribution is 2.32. The first-order valence-electron chi connectivity index (χ1n) is 6.50. The molecule has 19 heavy (non-hydrogen) atoms. The number of hydrogen-bond acceptors (Lipinski definition) is 3. The van der Waals surface area contributed by atoms with Crippen LogP contribution < -0.4 is 0 Å². The van der Waals surface area contributed by atoms with E-state index < -0.39 is 10.0 Å². The van der Waals surface area contributed by atoms with Gasteiger partial charge in [-0.2, -0.15) is 4.31 Å². The summed E-state index contributed by atoms with van der Waals surface area (Å²) in [7, 11) is -3.36. The van der Waals surface area contributed by atoms with Crippen molar-refractivity contribution in [3.63, 3.8) is 0 Å². The second-order valence-corrected chi connectivity index (χ2v) is 9.05. The molecule has 0 saturated carbocycles. The first-order chi connectivity index (χ1) is 8.84. The van der Waals surface area contributed by atoms with Crippen molar-refractivity contribution in [2.75, 3.05) is 13.1 Å². The lowest BCUT2D eigenvalue weighted by atomic mass is 9.94. The van der Waals surface area contributed by atoms with Crippen molar-refractivity contribution in [1.29, 1.82) is 0 Å². The molecule has 0 radical (unpaired) electrons. The monoisotopic (exact) mass is 321 g/mol. The molecule has 0 aliphatic carbocycles. The molecule has 2 atom stereocenters. The SMILES string of the molecule is Cc1sc(CCl)cc1S(=O)(=O)N1CC(C)CC(C)C1. The van der Waals surface area contributed by atoms with Gasteiger partial charge in [0, 0.05) is 22.8 Å². The first kappa shape index (κ1) is 15.3. The molecule has 1 aliphatic heterocycles. The average Bonchev–Trinajstić information content (AvgIpc) is 2.70. The van der Waals surface area contributed by atoms with Crippen molar-refractivity contribution in [1.82, 2.24) is 4.31 Å². The van der Waals surface area contributed by atoms with Gasteiger partial charge in [-0.3, -0.25) is 0 Å². The molecule has 0 amide bonds. The van der Waals surface area contributed by atoms with E-state index in [-0.39, 0.29) is 0 Å². The molecule has 0 spiro atoms. The van der Waals surface area contributed by atoms with Gasteiger partial charge in [-0.25, -0.2) is 8.42 Å². The van der Waals surface area contributed by atoms with Crippen LogP contribution in [0.4, 0.5) is 0 Å². The van der Waals surface area contributed by atoms with Crippen LogP contribution in [0.15, 0.2) is 11.0 Å². The molecular formula is C13H20ClNO2S2. The second-order valence-electron chi connectivity index (χ2n) is 5.53. The van der Waals surface area contributed by atoms with Gasteiger partial charge in [-0.05, 0) is 31.2 Å². The summed E-state index contributed by atoms with van der Waals surface area (Å²) in [6.07, 6.45) is 1.10. The van der Waals surface area contributed by atoms with E-state index in [1.165, 1.54) is 11.3 Å². The largest absolute Gasteiger partial charge is 0.244 e. The second kappa shape index (κ2) is 5.72. The van der Waals surface area contributed by atoms with Crippen LogP contribution >= 0.6 is 22.9 Å². The molecule has 1 aromatic heterocycles. The molecule has 6 heteroatoms. The van der Waals surface area contributed by atoms with Gasteiger partial charge in [0.25, 0.3) is 0 Å². The molecule has 1 saturated heterocycles. The van der Waals surface area contributed by atoms with Crippen LogP contribution in [0.2, 0.25) is 0 Å². The van der Waals surface area contributed by atoms with Crippen LogP contribution in [-0.4, -0.2) is 25.8 Å². The Hall–Kier alpha value is -0.100. The minimum absolute atomic E-state index is 0.369. The molecule has 2 rings (SSSR count). The lowest BCUT2D eigenvalue weighted by molar-refractivity contribution is 0.222. The zero-order chi connectivity index (χ0) is 14.2. The van der Waals surface area contributed by atoms with Gasteiger partial charge >= 0.3 is 0 Å². The van der Waals surface area contributed by atoms with E-state index in [1.807, 2.05) is 6.92 Å². The highest BCUT2D eigenvalue weighted by atomic mass is 35.5. The van der Waals surface area contributed by atoms with Crippen LogP contribution in [0.5, 0.6) is 0 Å². The van der Waals surface area contributed by atoms with Crippen molar-refractivity contribution < 1.29 is 8.42 Å². The number of piperidine rings is 1. The molecule has 1 aromatic rings. The molecule has 1 fully saturated rings. The van der Waals surface area contributed by atoms with Crippen LogP contribution in [0.3, 0.4) is 0 Å². The molecule has 3 nitrogen and oxygen atoms in total. The van der Waals surface area contributed by atoms with Crippen molar-refractivity contribution >= 4 is 33.0 Å². The predicted octanol–water partition coefficient (Wildman–Crippen LogP) is 3.46. The third-order valence-electron chi connectivity index (χ3n) is 3.51. The fourth-order valence-electron chi connectivity index (χ4n) is 2.79. The molecule has 0 aromatic carbocycles. The third-order valence-corrected chi connectivity index (χ3v) is 7.09. The highest BCUT2D eigenvalue weighted by molar-refractivity contribution is 7.89. The Morgan fingerprint density at radius 2 is 1.95 bits per heavy atom. The highest BCUT2D eigenvalue weighted by Gasteiger charge is 2.33. The third kappa shape index (κ3) is 3.15. The summed E-state index contributed by atoms with van der Waals surface area (Å²) >= 11 is 7.27. The molecule has 2 unspecified atom stereocenters. The summed E-state index contributed by atoms with van der Waals surface area (Å²) in [6.45, 7) is 7.33. The molecule has 0 N–H and O–H groups in total. The maximum atomic E-state index is 12.7. The first-order valence-corrected chi connectivity index (χ1v) is 9.29. The summed E-state index contributed by atoms with van der Waals surface area (Å²) < 4.78 is 27.1. The normalized spacial score (nSPS) is 25.7. The van der Waals surface area contributed by atoms with Crippen LogP contribution in [0, 0.1) is 18.8 Å². The number of thiophene rings is 1. The Balaban J connectivity index is 2.33. The van der Waals surface area contributed by atoms with E-state index in [4.69, 9.17) is 11.6 Å². The molecule has 108 valence electrons. The Kier molecular flexibility index (Phi) is 4.60. The summed E-state index contributed by atoms with van der Waals surface area (Å²) in [4.78, 5) is 2.19. The van der Waals surface area contributed by atoms with Crippen molar-refractivity contribution in [2.45, 2.75) is 38.0 Å². The Morgan fingerprint density at radius 1 is 1.37 bits per heavy atom. The lowest BCUT2D eigenvalue weighted by Gasteiger charge is -2.34. The Labute approximate surface area is 124 Å². The average molecular weight is 322 g/mol. The van der Waals surface area contributed by atoms with E-state index in [0.717, 1.165) is 16.2 Å². The van der Waals surface area contributed by atoms with E-state index in [9.17, 15) is 8.42 Å². The zero-order valence-corrected chi connectivity index (χ0v) is 13.9. The van der Waals surface area contributed by atoms with E-state index >= 15 is 0 Å². The Bertz CT molecular complexity index is 543. The number of alkyl halides is 1. The van der Waals surface area contributed by atoms with Gasteiger partial charge in [0.05, 0.1) is 10.8 Å². The van der Waals surface area contributed by atoms with Crippen LogP contribution in [0.25, 0.3) is 0 Å². The minimum atomic E-state index is -3.36. The summed E-state index contributed by atoms with van der Waals surface area (Å²) in [5, 5.41) is 0. The zero-order valence-electron chi connectivity index (χ0n) is 11.5. The summed E-state index contributed by atoms with van der Waals surface area (Å²) in [5.74, 6) is 1.21. The quantitative estimate of drug-likeness (QED) is 0.799. The number of nitrogens with zero attached hydrogens (tertiary/aromatic N) is 1. The van der Waals surface area contributed by atoms with Gasteiger partial charge in [0.15, 0.2) is 0 Å². The minimum Gasteiger partial charge on any atom is -0.207 e. The van der Waals surface area contributed by atoms with Gasteiger partial charge in [0.1, 0.15) is 0 Å². The smallest absolute Gasteiger partial charge is 0.207 e. The van der Waals surface area contributed by atoms with Crippen molar-refractivity contribution in [3.8, 4) is 0 Å². The lowest BCUT2D eigenvalue weighted by Crippen LogP contribution is -2.42. The maximum Gasteiger partial charge on any atom is 0.244 e. The summed E-state index contributed by atoms with van der Waals surface area (Å²) in [6, 6.07) is 1.73. The number of hydrogen-bond donors (Lipinski definition) is 0. The summed E-state index contributed by atoms with van der Waals surface area (Å²) in [5.41, 5.74) is 0. The van der Waals surface area contributed by atoms with Gasteiger partial charge in [-0.15, -0.1) is 22.9 Å². The van der Waals surface area contributed by atoms with Gasteiger partial charge < -0.3 is 0 Å². The fraction of sp³-hybridized carbons (Fsp3) is 0.692. The van der Waals surface area contributed by atoms with E-state index in [2.05, 4.69) is 13.8 Å². The predicted molar refractivity (Wildman–Crippen MR) is 80.3 cm³/mol. The molecule has 0 bridgehead atoms. The molecule has 2 heterocycles. The van der Waals surface area contributed by atoms with Gasteiger partial charge in [-0.1, -0.05) is 13.8 Å². The van der Waals surface area contributed by atoms with E-state index in [0.29, 0.717) is 35.7 Å². The maximum absolute atomic E-state index is 12.7. The van der Waals surface area contributed by atoms with Crippen molar-refractivity contribution in [3.05, 3.63) is 15.8 Å². The van der Waals surface area contributed by atoms with Crippen LogP contribution in [0.1, 0.15) is 30.0 Å². The van der Waals surface area contributed by atoms with Gasteiger partial charge in [0.2, 0.25) is 10.0 Å². The van der Waals surface area contributed by atoms with E-state index in [1.54, 1.807) is 10.4 Å². The molecular weight excluding hydrogens is 302 g/mol. The fourth-order valence-corrected chi connectivity index (χ4v) is 6.16. The van der Waals surface area contributed by atoms with Crippen molar-refractivity contribution in [2.24, 2.45) is 11.8 Å². The number of halogens is 1.